The Balaban J connectivity index is 1.58. The van der Waals surface area contributed by atoms with Crippen LogP contribution in [-0.2, 0) is 0 Å². The Labute approximate surface area is 127 Å². The summed E-state index contributed by atoms with van der Waals surface area (Å²) in [5, 5.41) is 4.04. The van der Waals surface area contributed by atoms with E-state index in [9.17, 15) is 0 Å². The first-order chi connectivity index (χ1) is 10.8. The van der Waals surface area contributed by atoms with Crippen LogP contribution in [-0.4, -0.2) is 38.6 Å². The third-order valence-corrected chi connectivity index (χ3v) is 3.97. The third-order valence-electron chi connectivity index (χ3n) is 3.97. The van der Waals surface area contributed by atoms with Crippen molar-refractivity contribution in [1.82, 2.24) is 25.0 Å². The second kappa shape index (κ2) is 5.31. The lowest BCUT2D eigenvalue weighted by atomic mass is 10.1. The fraction of sp³-hybridized carbons (Fsp3) is 0.250. The van der Waals surface area contributed by atoms with E-state index in [2.05, 4.69) is 32.1 Å². The Kier molecular flexibility index (Phi) is 3.16. The van der Waals surface area contributed by atoms with E-state index >= 15 is 0 Å². The van der Waals surface area contributed by atoms with Crippen LogP contribution < -0.4 is 0 Å². The predicted molar refractivity (Wildman–Crippen MR) is 80.7 cm³/mol. The van der Waals surface area contributed by atoms with Gasteiger partial charge < -0.3 is 4.52 Å². The summed E-state index contributed by atoms with van der Waals surface area (Å²) in [5.41, 5.74) is 2.56. The maximum Gasteiger partial charge on any atom is 0.244 e. The molecule has 1 aliphatic heterocycles. The van der Waals surface area contributed by atoms with Gasteiger partial charge in [0.15, 0.2) is 0 Å². The quantitative estimate of drug-likeness (QED) is 0.739. The van der Waals surface area contributed by atoms with Crippen molar-refractivity contribution in [2.45, 2.75) is 12.5 Å². The molecule has 1 atom stereocenters. The number of hydrogen-bond acceptors (Lipinski definition) is 6. The molecule has 0 aliphatic carbocycles. The first-order valence-electron chi connectivity index (χ1n) is 7.23. The molecule has 6 heteroatoms. The van der Waals surface area contributed by atoms with Crippen molar-refractivity contribution in [1.29, 1.82) is 0 Å². The Bertz CT molecular complexity index is 769. The number of pyridine rings is 2. The van der Waals surface area contributed by atoms with Crippen molar-refractivity contribution < 1.29 is 4.52 Å². The molecule has 4 rings (SSSR count). The van der Waals surface area contributed by atoms with E-state index < -0.39 is 0 Å². The summed E-state index contributed by atoms with van der Waals surface area (Å²) in [6, 6.07) is 9.91. The minimum atomic E-state index is 0.244. The van der Waals surface area contributed by atoms with Gasteiger partial charge in [0.1, 0.15) is 5.69 Å². The molecular formula is C16H15N5O. The number of rotatable bonds is 3. The molecule has 1 fully saturated rings. The highest BCUT2D eigenvalue weighted by Crippen LogP contribution is 2.31. The second-order valence-corrected chi connectivity index (χ2v) is 5.39. The maximum absolute atomic E-state index is 5.35. The normalized spacial score (nSPS) is 18.1. The molecule has 0 N–H and O–H groups in total. The largest absolute Gasteiger partial charge is 0.337 e. The maximum atomic E-state index is 5.35. The lowest BCUT2D eigenvalue weighted by Gasteiger charge is -2.34. The van der Waals surface area contributed by atoms with E-state index in [1.807, 2.05) is 30.3 Å². The highest BCUT2D eigenvalue weighted by Gasteiger charge is 2.31. The van der Waals surface area contributed by atoms with E-state index in [0.717, 1.165) is 24.2 Å². The summed E-state index contributed by atoms with van der Waals surface area (Å²) in [7, 11) is 2.05. The van der Waals surface area contributed by atoms with Crippen LogP contribution in [0, 0.1) is 0 Å². The van der Waals surface area contributed by atoms with Gasteiger partial charge in [-0.25, -0.2) is 0 Å². The molecule has 4 heterocycles. The summed E-state index contributed by atoms with van der Waals surface area (Å²) >= 11 is 0. The molecule has 6 nitrogen and oxygen atoms in total. The van der Waals surface area contributed by atoms with Gasteiger partial charge in [-0.1, -0.05) is 11.2 Å². The Morgan fingerprint density at radius 2 is 2.09 bits per heavy atom. The fourth-order valence-corrected chi connectivity index (χ4v) is 2.51. The first kappa shape index (κ1) is 13.1. The molecule has 3 aromatic rings. The Hall–Kier alpha value is -2.60. The van der Waals surface area contributed by atoms with Gasteiger partial charge in [-0.05, 0) is 37.7 Å². The van der Waals surface area contributed by atoms with Gasteiger partial charge in [0, 0.05) is 24.5 Å². The van der Waals surface area contributed by atoms with Crippen LogP contribution in [0.2, 0.25) is 0 Å². The van der Waals surface area contributed by atoms with Crippen LogP contribution in [0.4, 0.5) is 0 Å². The predicted octanol–water partition coefficient (Wildman–Crippen LogP) is 2.57. The molecule has 1 saturated heterocycles. The Morgan fingerprint density at radius 3 is 2.73 bits per heavy atom. The van der Waals surface area contributed by atoms with E-state index in [1.165, 1.54) is 0 Å². The number of likely N-dealkylation sites (tertiary alicyclic amines) is 1. The molecule has 0 amide bonds. The van der Waals surface area contributed by atoms with E-state index in [1.54, 1.807) is 12.4 Å². The third kappa shape index (κ3) is 2.27. The van der Waals surface area contributed by atoms with Gasteiger partial charge in [-0.15, -0.1) is 0 Å². The summed E-state index contributed by atoms with van der Waals surface area (Å²) in [5.74, 6) is 1.20. The molecule has 3 aromatic heterocycles. The highest BCUT2D eigenvalue weighted by molar-refractivity contribution is 5.60. The molecular weight excluding hydrogens is 278 g/mol. The Morgan fingerprint density at radius 1 is 1.14 bits per heavy atom. The number of nitrogens with zero attached hydrogens (tertiary/aromatic N) is 5. The average Bonchev–Trinajstić information content (AvgIpc) is 3.03. The first-order valence-corrected chi connectivity index (χ1v) is 7.23. The molecule has 1 aliphatic rings. The average molecular weight is 293 g/mol. The monoisotopic (exact) mass is 293 g/mol. The molecule has 22 heavy (non-hydrogen) atoms. The lowest BCUT2D eigenvalue weighted by Crippen LogP contribution is -2.37. The van der Waals surface area contributed by atoms with Crippen LogP contribution in [0.3, 0.4) is 0 Å². The molecule has 0 spiro atoms. The molecule has 0 radical (unpaired) electrons. The van der Waals surface area contributed by atoms with Crippen LogP contribution in [0.1, 0.15) is 18.4 Å². The number of hydrogen-bond donors (Lipinski definition) is 0. The zero-order valence-corrected chi connectivity index (χ0v) is 12.2. The van der Waals surface area contributed by atoms with Crippen LogP contribution in [0.5, 0.6) is 0 Å². The second-order valence-electron chi connectivity index (χ2n) is 5.39. The van der Waals surface area contributed by atoms with Crippen LogP contribution in [0.25, 0.3) is 22.8 Å². The van der Waals surface area contributed by atoms with Crippen molar-refractivity contribution >= 4 is 0 Å². The summed E-state index contributed by atoms with van der Waals surface area (Å²) in [6.45, 7) is 1.07. The summed E-state index contributed by atoms with van der Waals surface area (Å²) in [4.78, 5) is 15.4. The molecule has 0 aromatic carbocycles. The van der Waals surface area contributed by atoms with Gasteiger partial charge in [-0.3, -0.25) is 14.9 Å². The smallest absolute Gasteiger partial charge is 0.244 e. The number of aromatic nitrogens is 4. The van der Waals surface area contributed by atoms with E-state index in [0.29, 0.717) is 17.4 Å². The molecule has 0 saturated carbocycles. The highest BCUT2D eigenvalue weighted by atomic mass is 16.5. The van der Waals surface area contributed by atoms with E-state index in [-0.39, 0.29) is 6.04 Å². The zero-order chi connectivity index (χ0) is 14.9. The fourth-order valence-electron chi connectivity index (χ4n) is 2.51. The van der Waals surface area contributed by atoms with Gasteiger partial charge in [0.05, 0.1) is 11.7 Å². The van der Waals surface area contributed by atoms with Crippen molar-refractivity contribution in [3.63, 3.8) is 0 Å². The van der Waals surface area contributed by atoms with Crippen molar-refractivity contribution in [2.24, 2.45) is 0 Å². The van der Waals surface area contributed by atoms with Gasteiger partial charge in [0.25, 0.3) is 0 Å². The minimum Gasteiger partial charge on any atom is -0.337 e. The van der Waals surface area contributed by atoms with Crippen LogP contribution >= 0.6 is 0 Å². The molecule has 1 unspecified atom stereocenters. The van der Waals surface area contributed by atoms with Gasteiger partial charge in [-0.2, -0.15) is 4.98 Å². The lowest BCUT2D eigenvalue weighted by molar-refractivity contribution is 0.0951. The molecule has 110 valence electrons. The standard InChI is InChI=1S/C16H15N5O/c1-21-9-7-14(21)16-19-15(20-22-16)13-6-5-11(10-18-13)12-4-2-3-8-17-12/h2-6,8,10,14H,7,9H2,1H3. The SMILES string of the molecule is CN1CCC1c1nc(-c2ccc(-c3ccccn3)cn2)no1. The topological polar surface area (TPSA) is 67.9 Å². The van der Waals surface area contributed by atoms with Gasteiger partial charge in [0.2, 0.25) is 11.7 Å². The molecule has 0 bridgehead atoms. The van der Waals surface area contributed by atoms with Crippen molar-refractivity contribution in [2.75, 3.05) is 13.6 Å². The van der Waals surface area contributed by atoms with E-state index in [4.69, 9.17) is 4.52 Å². The van der Waals surface area contributed by atoms with Crippen molar-refractivity contribution in [3.8, 4) is 22.8 Å². The van der Waals surface area contributed by atoms with Gasteiger partial charge >= 0.3 is 0 Å². The van der Waals surface area contributed by atoms with Crippen molar-refractivity contribution in [3.05, 3.63) is 48.6 Å². The summed E-state index contributed by atoms with van der Waals surface area (Å²) in [6.07, 6.45) is 4.61. The zero-order valence-electron chi connectivity index (χ0n) is 12.2. The van der Waals surface area contributed by atoms with Crippen LogP contribution in [0.15, 0.2) is 47.2 Å². The summed E-state index contributed by atoms with van der Waals surface area (Å²) < 4.78 is 5.35. The minimum absolute atomic E-state index is 0.244.